The van der Waals surface area contributed by atoms with Gasteiger partial charge in [-0.25, -0.2) is 0 Å². The molecule has 0 atom stereocenters. The van der Waals surface area contributed by atoms with Crippen molar-refractivity contribution < 1.29 is 0 Å². The molecule has 140 valence electrons. The van der Waals surface area contributed by atoms with Crippen molar-refractivity contribution in [1.29, 1.82) is 0 Å². The van der Waals surface area contributed by atoms with Crippen LogP contribution in [-0.4, -0.2) is 60.6 Å². The lowest BCUT2D eigenvalue weighted by atomic mass is 10.3. The highest BCUT2D eigenvalue weighted by atomic mass is 127. The zero-order valence-electron chi connectivity index (χ0n) is 15.7. The van der Waals surface area contributed by atoms with Gasteiger partial charge in [0.05, 0.1) is 11.6 Å². The molecule has 5 nitrogen and oxygen atoms in total. The normalized spacial score (nSPS) is 11.5. The average molecular weight is 470 g/mol. The van der Waals surface area contributed by atoms with Gasteiger partial charge in [-0.05, 0) is 38.5 Å². The molecule has 1 N–H and O–H groups in total. The lowest BCUT2D eigenvalue weighted by Crippen LogP contribution is -2.39. The lowest BCUT2D eigenvalue weighted by Gasteiger charge is -2.23. The summed E-state index contributed by atoms with van der Waals surface area (Å²) < 4.78 is 2.05. The van der Waals surface area contributed by atoms with Crippen LogP contribution >= 0.6 is 35.6 Å². The van der Waals surface area contributed by atoms with Gasteiger partial charge in [0.15, 0.2) is 5.96 Å². The fourth-order valence-electron chi connectivity index (χ4n) is 2.63. The number of guanidine groups is 1. The van der Waals surface area contributed by atoms with E-state index < -0.39 is 0 Å². The number of unbranched alkanes of at least 4 members (excludes halogenated alkanes) is 1. The quantitative estimate of drug-likeness (QED) is 0.260. The molecule has 0 aliphatic heterocycles. The predicted molar refractivity (Wildman–Crippen MR) is 116 cm³/mol. The molecule has 0 aromatic carbocycles. The highest BCUT2D eigenvalue weighted by molar-refractivity contribution is 14.0. The predicted octanol–water partition coefficient (Wildman–Crippen LogP) is 3.43. The SMILES string of the molecule is CCN(CC)CCCCNC(=NC)N(C)Cc1cc(Cl)cn1C.I. The van der Waals surface area contributed by atoms with E-state index >= 15 is 0 Å². The first-order valence-electron chi connectivity index (χ1n) is 8.46. The summed E-state index contributed by atoms with van der Waals surface area (Å²) in [4.78, 5) is 8.94. The van der Waals surface area contributed by atoms with Crippen molar-refractivity contribution in [3.63, 3.8) is 0 Å². The molecule has 0 bridgehead atoms. The summed E-state index contributed by atoms with van der Waals surface area (Å²) in [6, 6.07) is 2.00. The van der Waals surface area contributed by atoms with E-state index in [1.54, 1.807) is 0 Å². The van der Waals surface area contributed by atoms with E-state index in [-0.39, 0.29) is 24.0 Å². The monoisotopic (exact) mass is 469 g/mol. The number of nitrogens with one attached hydrogen (secondary N) is 1. The Hall–Kier alpha value is -0.470. The Balaban J connectivity index is 0.00000529. The number of aromatic nitrogens is 1. The molecule has 0 radical (unpaired) electrons. The third kappa shape index (κ3) is 8.07. The Kier molecular flexibility index (Phi) is 12.6. The molecular weight excluding hydrogens is 437 g/mol. The third-order valence-corrected chi connectivity index (χ3v) is 4.33. The van der Waals surface area contributed by atoms with Crippen molar-refractivity contribution in [2.45, 2.75) is 33.2 Å². The summed E-state index contributed by atoms with van der Waals surface area (Å²) in [5.41, 5.74) is 1.17. The summed E-state index contributed by atoms with van der Waals surface area (Å²) in [6.07, 6.45) is 4.29. The van der Waals surface area contributed by atoms with Gasteiger partial charge in [-0.15, -0.1) is 24.0 Å². The highest BCUT2D eigenvalue weighted by Gasteiger charge is 2.09. The topological polar surface area (TPSA) is 35.8 Å². The molecule has 24 heavy (non-hydrogen) atoms. The van der Waals surface area contributed by atoms with Crippen molar-refractivity contribution in [3.05, 3.63) is 23.0 Å². The van der Waals surface area contributed by atoms with Gasteiger partial charge in [-0.2, -0.15) is 0 Å². The van der Waals surface area contributed by atoms with Crippen molar-refractivity contribution in [2.24, 2.45) is 12.0 Å². The molecule has 0 aliphatic carbocycles. The van der Waals surface area contributed by atoms with Crippen molar-refractivity contribution >= 4 is 41.5 Å². The van der Waals surface area contributed by atoms with E-state index in [0.29, 0.717) is 0 Å². The molecule has 1 aromatic heterocycles. The van der Waals surface area contributed by atoms with Gasteiger partial charge in [0.1, 0.15) is 0 Å². The molecule has 0 fully saturated rings. The Bertz CT molecular complexity index is 485. The smallest absolute Gasteiger partial charge is 0.193 e. The number of hydrogen-bond donors (Lipinski definition) is 1. The number of rotatable bonds is 9. The fraction of sp³-hybridized carbons (Fsp3) is 0.706. The summed E-state index contributed by atoms with van der Waals surface area (Å²) in [6.45, 7) is 9.60. The molecule has 0 aliphatic rings. The second-order valence-corrected chi connectivity index (χ2v) is 6.26. The van der Waals surface area contributed by atoms with Crippen LogP contribution in [0.3, 0.4) is 0 Å². The summed E-state index contributed by atoms with van der Waals surface area (Å²) >= 11 is 6.04. The fourth-order valence-corrected chi connectivity index (χ4v) is 2.90. The van der Waals surface area contributed by atoms with E-state index in [4.69, 9.17) is 11.6 Å². The van der Waals surface area contributed by atoms with Gasteiger partial charge in [0, 0.05) is 39.6 Å². The Morgan fingerprint density at radius 2 is 1.96 bits per heavy atom. The largest absolute Gasteiger partial charge is 0.356 e. The molecular formula is C17H33ClIN5. The number of aliphatic imine (C=N–C) groups is 1. The molecule has 0 spiro atoms. The van der Waals surface area contributed by atoms with Crippen LogP contribution in [0.4, 0.5) is 0 Å². The van der Waals surface area contributed by atoms with Crippen LogP contribution in [0, 0.1) is 0 Å². The van der Waals surface area contributed by atoms with Crippen molar-refractivity contribution in [1.82, 2.24) is 19.7 Å². The zero-order chi connectivity index (χ0) is 17.2. The summed E-state index contributed by atoms with van der Waals surface area (Å²) in [5, 5.41) is 4.21. The van der Waals surface area contributed by atoms with Gasteiger partial charge in [-0.3, -0.25) is 4.99 Å². The van der Waals surface area contributed by atoms with Gasteiger partial charge in [0.2, 0.25) is 0 Å². The van der Waals surface area contributed by atoms with Crippen LogP contribution in [0.1, 0.15) is 32.4 Å². The maximum absolute atomic E-state index is 6.04. The van der Waals surface area contributed by atoms with Crippen LogP contribution in [-0.2, 0) is 13.6 Å². The van der Waals surface area contributed by atoms with Gasteiger partial charge >= 0.3 is 0 Å². The molecule has 0 unspecified atom stereocenters. The van der Waals surface area contributed by atoms with Gasteiger partial charge in [-0.1, -0.05) is 25.4 Å². The maximum atomic E-state index is 6.04. The third-order valence-electron chi connectivity index (χ3n) is 4.13. The molecule has 1 rings (SSSR count). The zero-order valence-corrected chi connectivity index (χ0v) is 18.8. The van der Waals surface area contributed by atoms with Gasteiger partial charge < -0.3 is 19.7 Å². The van der Waals surface area contributed by atoms with Crippen LogP contribution < -0.4 is 5.32 Å². The minimum atomic E-state index is 0. The summed E-state index contributed by atoms with van der Waals surface area (Å²) in [7, 11) is 5.89. The van der Waals surface area contributed by atoms with E-state index in [1.165, 1.54) is 18.7 Å². The second-order valence-electron chi connectivity index (χ2n) is 5.82. The van der Waals surface area contributed by atoms with Gasteiger partial charge in [0.25, 0.3) is 0 Å². The minimum absolute atomic E-state index is 0. The van der Waals surface area contributed by atoms with Crippen LogP contribution in [0.25, 0.3) is 0 Å². The standard InChI is InChI=1S/C17H32ClN5.HI/c1-6-23(7-2)11-9-8-10-20-17(19-3)22(5)14-16-12-15(18)13-21(16)4;/h12-13H,6-11,14H2,1-5H3,(H,19,20);1H. The average Bonchev–Trinajstić information content (AvgIpc) is 2.84. The molecule has 0 saturated heterocycles. The van der Waals surface area contributed by atoms with E-state index in [0.717, 1.165) is 43.6 Å². The molecule has 0 saturated carbocycles. The first-order valence-corrected chi connectivity index (χ1v) is 8.84. The Morgan fingerprint density at radius 1 is 1.29 bits per heavy atom. The molecule has 1 aromatic rings. The number of aryl methyl sites for hydroxylation is 1. The van der Waals surface area contributed by atoms with E-state index in [9.17, 15) is 0 Å². The maximum Gasteiger partial charge on any atom is 0.193 e. The van der Waals surface area contributed by atoms with Crippen molar-refractivity contribution in [3.8, 4) is 0 Å². The highest BCUT2D eigenvalue weighted by Crippen LogP contribution is 2.14. The minimum Gasteiger partial charge on any atom is -0.356 e. The molecule has 1 heterocycles. The summed E-state index contributed by atoms with van der Waals surface area (Å²) in [5.74, 6) is 0.921. The van der Waals surface area contributed by atoms with Crippen LogP contribution in [0.5, 0.6) is 0 Å². The van der Waals surface area contributed by atoms with E-state index in [2.05, 4.69) is 38.5 Å². The first-order chi connectivity index (χ1) is 11.0. The number of halogens is 2. The number of nitrogens with zero attached hydrogens (tertiary/aromatic N) is 4. The Labute approximate surface area is 169 Å². The second kappa shape index (κ2) is 12.8. The molecule has 0 amide bonds. The van der Waals surface area contributed by atoms with Crippen LogP contribution in [0.2, 0.25) is 5.02 Å². The van der Waals surface area contributed by atoms with Crippen molar-refractivity contribution in [2.75, 3.05) is 40.3 Å². The van der Waals surface area contributed by atoms with E-state index in [1.807, 2.05) is 33.4 Å². The lowest BCUT2D eigenvalue weighted by molar-refractivity contribution is 0.297. The molecule has 7 heteroatoms. The first kappa shape index (κ1) is 23.5. The van der Waals surface area contributed by atoms with Crippen LogP contribution in [0.15, 0.2) is 17.3 Å². The Morgan fingerprint density at radius 3 is 2.46 bits per heavy atom. The number of hydrogen-bond acceptors (Lipinski definition) is 2.